The summed E-state index contributed by atoms with van der Waals surface area (Å²) >= 11 is 0. The minimum atomic E-state index is -0.227. The van der Waals surface area contributed by atoms with Gasteiger partial charge in [-0.25, -0.2) is 4.39 Å². The second kappa shape index (κ2) is 6.59. The van der Waals surface area contributed by atoms with Gasteiger partial charge >= 0.3 is 0 Å². The number of carbonyl (C=O) groups is 1. The van der Waals surface area contributed by atoms with Crippen LogP contribution in [-0.4, -0.2) is 20.7 Å². The largest absolute Gasteiger partial charge is 0.356 e. The topological polar surface area (TPSA) is 62.7 Å². The summed E-state index contributed by atoms with van der Waals surface area (Å²) < 4.78 is 15.5. The molecule has 4 rings (SSSR count). The van der Waals surface area contributed by atoms with Gasteiger partial charge in [-0.1, -0.05) is 0 Å². The zero-order valence-electron chi connectivity index (χ0n) is 15.1. The van der Waals surface area contributed by atoms with Crippen LogP contribution < -0.4 is 5.32 Å². The Morgan fingerprint density at radius 3 is 3.00 bits per heavy atom. The number of fused-ring (bicyclic) bond motifs is 3. The van der Waals surface area contributed by atoms with Gasteiger partial charge in [-0.15, -0.1) is 0 Å². The molecule has 2 aromatic heterocycles. The van der Waals surface area contributed by atoms with Crippen LogP contribution in [0, 0.1) is 19.7 Å². The fraction of sp³-hybridized carbons (Fsp3) is 0.400. The number of aromatic amines is 1. The lowest BCUT2D eigenvalue weighted by molar-refractivity contribution is -0.122. The van der Waals surface area contributed by atoms with Crippen molar-refractivity contribution in [1.29, 1.82) is 0 Å². The van der Waals surface area contributed by atoms with Crippen molar-refractivity contribution in [3.63, 3.8) is 0 Å². The van der Waals surface area contributed by atoms with Gasteiger partial charge in [0.2, 0.25) is 5.91 Å². The van der Waals surface area contributed by atoms with E-state index in [4.69, 9.17) is 0 Å². The molecular formula is C20H23FN4O. The van der Waals surface area contributed by atoms with Crippen LogP contribution in [0.2, 0.25) is 0 Å². The molecule has 1 aliphatic rings. The smallest absolute Gasteiger partial charge is 0.222 e. The van der Waals surface area contributed by atoms with E-state index in [0.717, 1.165) is 52.8 Å². The minimum Gasteiger partial charge on any atom is -0.356 e. The molecule has 0 bridgehead atoms. The monoisotopic (exact) mass is 354 g/mol. The van der Waals surface area contributed by atoms with E-state index in [1.807, 2.05) is 24.6 Å². The van der Waals surface area contributed by atoms with Crippen LogP contribution in [0.3, 0.4) is 0 Å². The van der Waals surface area contributed by atoms with Crippen molar-refractivity contribution in [2.24, 2.45) is 0 Å². The number of aryl methyl sites for hydroxylation is 4. The molecule has 1 aromatic carbocycles. The van der Waals surface area contributed by atoms with Crippen molar-refractivity contribution in [2.45, 2.75) is 52.1 Å². The maximum atomic E-state index is 13.6. The first-order chi connectivity index (χ1) is 12.5. The summed E-state index contributed by atoms with van der Waals surface area (Å²) in [5.41, 5.74) is 5.11. The van der Waals surface area contributed by atoms with Crippen LogP contribution in [0.15, 0.2) is 24.3 Å². The molecule has 0 saturated heterocycles. The molecule has 2 N–H and O–H groups in total. The van der Waals surface area contributed by atoms with Crippen molar-refractivity contribution in [2.75, 3.05) is 0 Å². The number of benzene rings is 1. The van der Waals surface area contributed by atoms with E-state index in [9.17, 15) is 9.18 Å². The summed E-state index contributed by atoms with van der Waals surface area (Å²) in [5.74, 6) is -0.212. The van der Waals surface area contributed by atoms with Crippen LogP contribution in [0.25, 0.3) is 10.9 Å². The average molecular weight is 354 g/mol. The third kappa shape index (κ3) is 3.11. The number of rotatable bonds is 4. The Morgan fingerprint density at radius 2 is 2.23 bits per heavy atom. The highest BCUT2D eigenvalue weighted by atomic mass is 19.1. The predicted octanol–water partition coefficient (Wildman–Crippen LogP) is 3.70. The van der Waals surface area contributed by atoms with E-state index in [2.05, 4.69) is 15.4 Å². The normalized spacial score (nSPS) is 16.7. The highest BCUT2D eigenvalue weighted by Crippen LogP contribution is 2.35. The number of halogens is 1. The summed E-state index contributed by atoms with van der Waals surface area (Å²) in [7, 11) is 0. The molecule has 0 fully saturated rings. The molecule has 0 spiro atoms. The average Bonchev–Trinajstić information content (AvgIpc) is 3.13. The Morgan fingerprint density at radius 1 is 1.38 bits per heavy atom. The first-order valence-electron chi connectivity index (χ1n) is 9.11. The van der Waals surface area contributed by atoms with Crippen molar-refractivity contribution in [3.05, 3.63) is 52.7 Å². The number of H-pyrrole nitrogens is 1. The van der Waals surface area contributed by atoms with E-state index in [1.165, 1.54) is 6.07 Å². The van der Waals surface area contributed by atoms with Gasteiger partial charge in [0.25, 0.3) is 0 Å². The number of hydrogen-bond acceptors (Lipinski definition) is 2. The molecule has 1 atom stereocenters. The highest BCUT2D eigenvalue weighted by Gasteiger charge is 2.25. The molecule has 1 aliphatic carbocycles. The molecule has 5 nitrogen and oxygen atoms in total. The van der Waals surface area contributed by atoms with Crippen LogP contribution in [0.5, 0.6) is 0 Å². The lowest BCUT2D eigenvalue weighted by atomic mass is 9.91. The standard InChI is InChI=1S/C20H23FN4O/c1-12-10-13(2)25(24-12)9-8-19(26)22-18-5-3-4-15-16-11-14(21)6-7-17(16)23-20(15)18/h6-7,10-11,18,23H,3-5,8-9H2,1-2H3,(H,22,26). The molecule has 0 aliphatic heterocycles. The van der Waals surface area contributed by atoms with E-state index in [1.54, 1.807) is 12.1 Å². The molecule has 0 radical (unpaired) electrons. The zero-order valence-corrected chi connectivity index (χ0v) is 15.1. The molecule has 26 heavy (non-hydrogen) atoms. The van der Waals surface area contributed by atoms with Crippen LogP contribution in [0.4, 0.5) is 4.39 Å². The van der Waals surface area contributed by atoms with E-state index < -0.39 is 0 Å². The number of nitrogens with one attached hydrogen (secondary N) is 2. The quantitative estimate of drug-likeness (QED) is 0.750. The fourth-order valence-corrected chi connectivity index (χ4v) is 3.95. The van der Waals surface area contributed by atoms with Gasteiger partial charge < -0.3 is 10.3 Å². The number of aromatic nitrogens is 3. The van der Waals surface area contributed by atoms with Gasteiger partial charge in [0, 0.05) is 35.3 Å². The predicted molar refractivity (Wildman–Crippen MR) is 98.4 cm³/mol. The van der Waals surface area contributed by atoms with E-state index in [-0.39, 0.29) is 17.8 Å². The molecule has 1 unspecified atom stereocenters. The number of hydrogen-bond donors (Lipinski definition) is 2. The van der Waals surface area contributed by atoms with Gasteiger partial charge in [0.1, 0.15) is 5.82 Å². The zero-order chi connectivity index (χ0) is 18.3. The second-order valence-corrected chi connectivity index (χ2v) is 7.12. The van der Waals surface area contributed by atoms with Crippen molar-refractivity contribution in [1.82, 2.24) is 20.1 Å². The lowest BCUT2D eigenvalue weighted by Gasteiger charge is -2.24. The lowest BCUT2D eigenvalue weighted by Crippen LogP contribution is -2.31. The first-order valence-corrected chi connectivity index (χ1v) is 9.11. The maximum Gasteiger partial charge on any atom is 0.222 e. The summed E-state index contributed by atoms with van der Waals surface area (Å²) in [6.07, 6.45) is 3.19. The Kier molecular flexibility index (Phi) is 4.26. The molecule has 6 heteroatoms. The molecule has 0 saturated carbocycles. The van der Waals surface area contributed by atoms with Crippen LogP contribution >= 0.6 is 0 Å². The first kappa shape index (κ1) is 16.8. The Bertz CT molecular complexity index is 972. The van der Waals surface area contributed by atoms with Crippen LogP contribution in [0.1, 0.15) is 47.9 Å². The molecule has 2 heterocycles. The second-order valence-electron chi connectivity index (χ2n) is 7.12. The number of carbonyl (C=O) groups excluding carboxylic acids is 1. The molecule has 3 aromatic rings. The SMILES string of the molecule is Cc1cc(C)n(CCC(=O)NC2CCCc3c2[nH]c2ccc(F)cc32)n1. The maximum absolute atomic E-state index is 13.6. The summed E-state index contributed by atoms with van der Waals surface area (Å²) in [6, 6.07) is 6.78. The molecule has 1 amide bonds. The summed E-state index contributed by atoms with van der Waals surface area (Å²) in [5, 5.41) is 8.47. The number of amides is 1. The minimum absolute atomic E-state index is 0.0141. The highest BCUT2D eigenvalue weighted by molar-refractivity contribution is 5.85. The van der Waals surface area contributed by atoms with Gasteiger partial charge in [-0.3, -0.25) is 9.48 Å². The third-order valence-corrected chi connectivity index (χ3v) is 5.16. The van der Waals surface area contributed by atoms with Crippen molar-refractivity contribution < 1.29 is 9.18 Å². The number of nitrogens with zero attached hydrogens (tertiary/aromatic N) is 2. The molecule has 136 valence electrons. The van der Waals surface area contributed by atoms with Crippen LogP contribution in [-0.2, 0) is 17.8 Å². The molecular weight excluding hydrogens is 331 g/mol. The Labute approximate surface area is 151 Å². The van der Waals surface area contributed by atoms with Gasteiger partial charge in [0.15, 0.2) is 0 Å². The van der Waals surface area contributed by atoms with Gasteiger partial charge in [-0.2, -0.15) is 5.10 Å². The fourth-order valence-electron chi connectivity index (χ4n) is 3.95. The van der Waals surface area contributed by atoms with E-state index in [0.29, 0.717) is 13.0 Å². The Hall–Kier alpha value is -2.63. The van der Waals surface area contributed by atoms with Crippen molar-refractivity contribution >= 4 is 16.8 Å². The van der Waals surface area contributed by atoms with Gasteiger partial charge in [0.05, 0.1) is 11.7 Å². The van der Waals surface area contributed by atoms with Gasteiger partial charge in [-0.05, 0) is 62.9 Å². The summed E-state index contributed by atoms with van der Waals surface area (Å²) in [4.78, 5) is 15.8. The Balaban J connectivity index is 1.48. The summed E-state index contributed by atoms with van der Waals surface area (Å²) in [6.45, 7) is 4.52. The van der Waals surface area contributed by atoms with Crippen molar-refractivity contribution in [3.8, 4) is 0 Å². The third-order valence-electron chi connectivity index (χ3n) is 5.16. The van der Waals surface area contributed by atoms with E-state index >= 15 is 0 Å².